The second kappa shape index (κ2) is 9.43. The minimum Gasteiger partial charge on any atom is -0.493 e. The van der Waals surface area contributed by atoms with Crippen molar-refractivity contribution in [3.8, 4) is 11.5 Å². The number of hydrogen-bond acceptors (Lipinski definition) is 4. The first-order chi connectivity index (χ1) is 12.4. The van der Waals surface area contributed by atoms with E-state index in [2.05, 4.69) is 10.6 Å². The number of benzene rings is 2. The average molecular weight is 411 g/mol. The molecule has 136 valence electrons. The van der Waals surface area contributed by atoms with Crippen LogP contribution in [0.1, 0.15) is 5.56 Å². The maximum absolute atomic E-state index is 12.0. The van der Waals surface area contributed by atoms with E-state index >= 15 is 0 Å². The SMILES string of the molecule is COc1ccc(/C=C/C(=O)NC(=S)Nc2c(Cl)cccc2Cl)cc1OC. The predicted octanol–water partition coefficient (Wildman–Crippen LogP) is 4.54. The third-order valence-corrected chi connectivity index (χ3v) is 4.11. The molecule has 0 atom stereocenters. The number of para-hydroxylation sites is 1. The first-order valence-electron chi connectivity index (χ1n) is 7.40. The summed E-state index contributed by atoms with van der Waals surface area (Å²) in [4.78, 5) is 12.0. The van der Waals surface area contributed by atoms with Crippen molar-refractivity contribution in [2.75, 3.05) is 19.5 Å². The van der Waals surface area contributed by atoms with Gasteiger partial charge in [-0.05, 0) is 48.1 Å². The second-order valence-electron chi connectivity index (χ2n) is 4.99. The summed E-state index contributed by atoms with van der Waals surface area (Å²) in [5, 5.41) is 6.21. The van der Waals surface area contributed by atoms with E-state index in [-0.39, 0.29) is 5.11 Å². The van der Waals surface area contributed by atoms with Gasteiger partial charge in [-0.25, -0.2) is 0 Å². The van der Waals surface area contributed by atoms with Crippen LogP contribution in [-0.4, -0.2) is 25.2 Å². The minimum atomic E-state index is -0.402. The van der Waals surface area contributed by atoms with E-state index in [0.717, 1.165) is 5.56 Å². The number of thiocarbonyl (C=S) groups is 1. The van der Waals surface area contributed by atoms with Gasteiger partial charge in [-0.3, -0.25) is 10.1 Å². The van der Waals surface area contributed by atoms with Crippen LogP contribution >= 0.6 is 35.4 Å². The van der Waals surface area contributed by atoms with Crippen LogP contribution in [0.15, 0.2) is 42.5 Å². The number of hydrogen-bond donors (Lipinski definition) is 2. The largest absolute Gasteiger partial charge is 0.493 e. The van der Waals surface area contributed by atoms with Crippen LogP contribution in [0, 0.1) is 0 Å². The maximum Gasteiger partial charge on any atom is 0.250 e. The zero-order chi connectivity index (χ0) is 19.1. The van der Waals surface area contributed by atoms with E-state index in [0.29, 0.717) is 27.2 Å². The monoisotopic (exact) mass is 410 g/mol. The van der Waals surface area contributed by atoms with Crippen molar-refractivity contribution in [1.82, 2.24) is 5.32 Å². The van der Waals surface area contributed by atoms with Gasteiger partial charge in [-0.15, -0.1) is 0 Å². The van der Waals surface area contributed by atoms with Crippen molar-refractivity contribution in [2.24, 2.45) is 0 Å². The Bertz CT molecular complexity index is 836. The molecule has 0 aliphatic carbocycles. The molecule has 8 heteroatoms. The van der Waals surface area contributed by atoms with Gasteiger partial charge in [0.15, 0.2) is 16.6 Å². The van der Waals surface area contributed by atoms with Crippen LogP contribution < -0.4 is 20.1 Å². The Kier molecular flexibility index (Phi) is 7.26. The summed E-state index contributed by atoms with van der Waals surface area (Å²) in [5.74, 6) is 0.775. The number of amides is 1. The Morgan fingerprint density at radius 3 is 2.35 bits per heavy atom. The van der Waals surface area contributed by atoms with Crippen molar-refractivity contribution in [3.05, 3.63) is 58.1 Å². The highest BCUT2D eigenvalue weighted by atomic mass is 35.5. The van der Waals surface area contributed by atoms with E-state index in [4.69, 9.17) is 44.9 Å². The number of anilines is 1. The van der Waals surface area contributed by atoms with E-state index < -0.39 is 5.91 Å². The van der Waals surface area contributed by atoms with Crippen LogP contribution in [0.2, 0.25) is 10.0 Å². The summed E-state index contributed by atoms with van der Waals surface area (Å²) in [6.07, 6.45) is 2.98. The molecule has 0 unspecified atom stereocenters. The van der Waals surface area contributed by atoms with Crippen molar-refractivity contribution < 1.29 is 14.3 Å². The smallest absolute Gasteiger partial charge is 0.250 e. The summed E-state index contributed by atoms with van der Waals surface area (Å²) in [6, 6.07) is 10.3. The zero-order valence-corrected chi connectivity index (χ0v) is 16.3. The molecule has 26 heavy (non-hydrogen) atoms. The Hall–Kier alpha value is -2.28. The van der Waals surface area contributed by atoms with Gasteiger partial charge in [0.05, 0.1) is 30.0 Å². The molecule has 5 nitrogen and oxygen atoms in total. The first-order valence-corrected chi connectivity index (χ1v) is 8.57. The summed E-state index contributed by atoms with van der Waals surface area (Å²) >= 11 is 17.2. The molecule has 0 heterocycles. The average Bonchev–Trinajstić information content (AvgIpc) is 2.62. The quantitative estimate of drug-likeness (QED) is 0.559. The Morgan fingerprint density at radius 1 is 1.08 bits per heavy atom. The van der Waals surface area contributed by atoms with Crippen LogP contribution in [-0.2, 0) is 4.79 Å². The molecular formula is C18H16Cl2N2O3S. The normalized spacial score (nSPS) is 10.5. The van der Waals surface area contributed by atoms with Crippen molar-refractivity contribution in [2.45, 2.75) is 0 Å². The number of nitrogens with one attached hydrogen (secondary N) is 2. The molecule has 0 aromatic heterocycles. The zero-order valence-electron chi connectivity index (χ0n) is 14.0. The molecule has 2 N–H and O–H groups in total. The molecule has 0 aliphatic rings. The fourth-order valence-corrected chi connectivity index (χ4v) is 2.74. The molecule has 2 aromatic rings. The van der Waals surface area contributed by atoms with Gasteiger partial charge >= 0.3 is 0 Å². The van der Waals surface area contributed by atoms with Crippen molar-refractivity contribution >= 4 is 58.2 Å². The first kappa shape index (κ1) is 20.0. The Balaban J connectivity index is 2.00. The lowest BCUT2D eigenvalue weighted by atomic mass is 10.2. The van der Waals surface area contributed by atoms with Crippen molar-refractivity contribution in [3.63, 3.8) is 0 Å². The summed E-state index contributed by atoms with van der Waals surface area (Å²) < 4.78 is 10.4. The molecule has 1 amide bonds. The number of halogens is 2. The maximum atomic E-state index is 12.0. The van der Waals surface area contributed by atoms with Crippen molar-refractivity contribution in [1.29, 1.82) is 0 Å². The standard InChI is InChI=1S/C18H16Cl2N2O3S/c1-24-14-8-6-11(10-15(14)25-2)7-9-16(23)21-18(26)22-17-12(19)4-3-5-13(17)20/h3-10H,1-2H3,(H2,21,22,23,26)/b9-7+. The lowest BCUT2D eigenvalue weighted by Crippen LogP contribution is -2.33. The molecule has 0 radical (unpaired) electrons. The van der Waals surface area contributed by atoms with Crippen LogP contribution in [0.3, 0.4) is 0 Å². The molecule has 0 bridgehead atoms. The van der Waals surface area contributed by atoms with E-state index in [1.165, 1.54) is 6.08 Å². The Labute approximate surface area is 166 Å². The summed E-state index contributed by atoms with van der Waals surface area (Å²) in [6.45, 7) is 0. The van der Waals surface area contributed by atoms with Gasteiger partial charge < -0.3 is 14.8 Å². The van der Waals surface area contributed by atoms with Gasteiger partial charge in [-0.1, -0.05) is 35.3 Å². The van der Waals surface area contributed by atoms with Gasteiger partial charge in [0.1, 0.15) is 0 Å². The summed E-state index contributed by atoms with van der Waals surface area (Å²) in [7, 11) is 3.10. The molecule has 0 spiro atoms. The topological polar surface area (TPSA) is 59.6 Å². The molecule has 0 saturated heterocycles. The highest BCUT2D eigenvalue weighted by molar-refractivity contribution is 7.80. The van der Waals surface area contributed by atoms with E-state index in [1.54, 1.807) is 56.7 Å². The van der Waals surface area contributed by atoms with Gasteiger partial charge in [0.25, 0.3) is 0 Å². The number of ether oxygens (including phenoxy) is 2. The molecule has 2 aromatic carbocycles. The molecule has 0 fully saturated rings. The Morgan fingerprint density at radius 2 is 1.73 bits per heavy atom. The number of carbonyl (C=O) groups excluding carboxylic acids is 1. The minimum absolute atomic E-state index is 0.0851. The number of carbonyl (C=O) groups is 1. The fraction of sp³-hybridized carbons (Fsp3) is 0.111. The van der Waals surface area contributed by atoms with Crippen LogP contribution in [0.5, 0.6) is 11.5 Å². The van der Waals surface area contributed by atoms with Crippen LogP contribution in [0.25, 0.3) is 6.08 Å². The highest BCUT2D eigenvalue weighted by Crippen LogP contribution is 2.30. The van der Waals surface area contributed by atoms with Crippen LogP contribution in [0.4, 0.5) is 5.69 Å². The third kappa shape index (κ3) is 5.36. The third-order valence-electron chi connectivity index (χ3n) is 3.27. The predicted molar refractivity (Wildman–Crippen MR) is 109 cm³/mol. The molecular weight excluding hydrogens is 395 g/mol. The van der Waals surface area contributed by atoms with Gasteiger partial charge in [0, 0.05) is 6.08 Å². The summed E-state index contributed by atoms with van der Waals surface area (Å²) in [5.41, 5.74) is 1.20. The number of methoxy groups -OCH3 is 2. The highest BCUT2D eigenvalue weighted by Gasteiger charge is 2.08. The van der Waals surface area contributed by atoms with Gasteiger partial charge in [0.2, 0.25) is 5.91 Å². The molecule has 0 saturated carbocycles. The number of rotatable bonds is 5. The second-order valence-corrected chi connectivity index (χ2v) is 6.21. The molecule has 2 rings (SSSR count). The van der Waals surface area contributed by atoms with Gasteiger partial charge in [-0.2, -0.15) is 0 Å². The fourth-order valence-electron chi connectivity index (χ4n) is 2.04. The lowest BCUT2D eigenvalue weighted by Gasteiger charge is -2.11. The lowest BCUT2D eigenvalue weighted by molar-refractivity contribution is -0.115. The van der Waals surface area contributed by atoms with E-state index in [9.17, 15) is 4.79 Å². The van der Waals surface area contributed by atoms with E-state index in [1.807, 2.05) is 0 Å². The molecule has 0 aliphatic heterocycles.